The van der Waals surface area contributed by atoms with Crippen molar-refractivity contribution in [2.75, 3.05) is 18.5 Å². The van der Waals surface area contributed by atoms with Gasteiger partial charge < -0.3 is 28.7 Å². The van der Waals surface area contributed by atoms with Crippen LogP contribution in [-0.2, 0) is 36.4 Å². The highest BCUT2D eigenvalue weighted by Crippen LogP contribution is 2.44. The smallest absolute Gasteiger partial charge is 0.410 e. The highest BCUT2D eigenvalue weighted by Gasteiger charge is 2.46. The fourth-order valence-corrected chi connectivity index (χ4v) is 19.5. The number of hydrogen-bond acceptors (Lipinski definition) is 6. The molecule has 2 N–H and O–H groups in total. The lowest BCUT2D eigenvalue weighted by molar-refractivity contribution is -0.140. The van der Waals surface area contributed by atoms with Crippen LogP contribution in [0.4, 0.5) is 4.79 Å². The summed E-state index contributed by atoms with van der Waals surface area (Å²) in [6.45, 7) is 35.7. The van der Waals surface area contributed by atoms with Crippen LogP contribution in [0, 0.1) is 0 Å². The van der Waals surface area contributed by atoms with E-state index in [0.29, 0.717) is 58.4 Å². The van der Waals surface area contributed by atoms with Gasteiger partial charge in [-0.05, 0) is 87.6 Å². The minimum Gasteiger partial charge on any atom is -0.481 e. The molecule has 2 rings (SSSR count). The molecule has 58 heavy (non-hydrogen) atoms. The molecule has 2 aromatic rings. The first-order valence-electron chi connectivity index (χ1n) is 21.0. The summed E-state index contributed by atoms with van der Waals surface area (Å²) in [5.41, 5.74) is 6.23. The predicted molar refractivity (Wildman–Crippen MR) is 254 cm³/mol. The molecule has 2 aromatic carbocycles. The number of aliphatic carboxylic acids is 2. The molecule has 0 saturated carbocycles. The molecule has 0 heterocycles. The molecule has 2 atom stereocenters. The molecule has 0 bridgehead atoms. The molecule has 0 saturated heterocycles. The van der Waals surface area contributed by atoms with E-state index in [1.807, 2.05) is 60.4 Å². The highest BCUT2D eigenvalue weighted by atomic mass is 127. The average molecular weight is 958 g/mol. The Kier molecular flexibility index (Phi) is 24.5. The molecular formula is C46H80INO8Si2. The van der Waals surface area contributed by atoms with Gasteiger partial charge in [0.05, 0.1) is 25.0 Å². The van der Waals surface area contributed by atoms with Crippen LogP contribution in [0.15, 0.2) is 48.5 Å². The summed E-state index contributed by atoms with van der Waals surface area (Å²) < 4.78 is 18.6. The van der Waals surface area contributed by atoms with Crippen molar-refractivity contribution in [3.05, 3.63) is 70.8 Å². The van der Waals surface area contributed by atoms with Gasteiger partial charge in [0.15, 0.2) is 0 Å². The zero-order valence-electron chi connectivity index (χ0n) is 39.2. The van der Waals surface area contributed by atoms with Gasteiger partial charge in [0.25, 0.3) is 0 Å². The van der Waals surface area contributed by atoms with Crippen LogP contribution >= 0.6 is 22.6 Å². The molecule has 0 aliphatic heterocycles. The number of carbonyl (C=O) groups is 3. The number of halogens is 1. The molecule has 0 aliphatic carbocycles. The van der Waals surface area contributed by atoms with E-state index in [2.05, 4.69) is 106 Å². The maximum absolute atomic E-state index is 12.2. The molecule has 0 aromatic heterocycles. The van der Waals surface area contributed by atoms with Crippen molar-refractivity contribution in [2.45, 2.75) is 181 Å². The Bertz CT molecular complexity index is 1460. The number of hydrogen-bond donors (Lipinski definition) is 2. The minimum atomic E-state index is -1.97. The molecule has 12 heteroatoms. The summed E-state index contributed by atoms with van der Waals surface area (Å²) in [4.78, 5) is 38.7. The van der Waals surface area contributed by atoms with Crippen LogP contribution in [0.25, 0.3) is 0 Å². The fourth-order valence-electron chi connectivity index (χ4n) is 8.68. The summed E-state index contributed by atoms with van der Waals surface area (Å²) in [6, 6.07) is 15.4. The number of ether oxygens (including phenoxy) is 1. The molecule has 0 spiro atoms. The number of nitrogens with zero attached hydrogens (tertiary/aromatic N) is 1. The van der Waals surface area contributed by atoms with Crippen molar-refractivity contribution < 1.29 is 38.2 Å². The Morgan fingerprint density at radius 3 is 1.14 bits per heavy atom. The molecule has 0 fully saturated rings. The van der Waals surface area contributed by atoms with Crippen molar-refractivity contribution in [1.82, 2.24) is 4.90 Å². The van der Waals surface area contributed by atoms with Crippen molar-refractivity contribution in [2.24, 2.45) is 0 Å². The fraction of sp³-hybridized carbons (Fsp3) is 0.674. The maximum Gasteiger partial charge on any atom is 0.410 e. The van der Waals surface area contributed by atoms with Crippen molar-refractivity contribution in [3.8, 4) is 0 Å². The molecule has 1 amide bonds. The van der Waals surface area contributed by atoms with E-state index in [9.17, 15) is 24.6 Å². The van der Waals surface area contributed by atoms with Gasteiger partial charge in [0.2, 0.25) is 16.6 Å². The lowest BCUT2D eigenvalue weighted by atomic mass is 9.96. The Morgan fingerprint density at radius 2 is 0.897 bits per heavy atom. The topological polar surface area (TPSA) is 123 Å². The SMILES string of the molecule is CC(C)[Si](OCc1ccc(C(CN(C)C(=O)OC(C)(C)C)C(=O)O)cc1)(C(C)C)C(C)C.CCC(C(=O)O)c1ccc(CO[Si](C(C)C)(C(C)C)C(C)C)cc1.CI. The second-order valence-electron chi connectivity index (χ2n) is 18.2. The van der Waals surface area contributed by atoms with E-state index in [1.165, 1.54) is 4.90 Å². The van der Waals surface area contributed by atoms with E-state index in [1.54, 1.807) is 27.8 Å². The lowest BCUT2D eigenvalue weighted by Crippen LogP contribution is -2.47. The number of amides is 1. The molecule has 2 unspecified atom stereocenters. The quantitative estimate of drug-likeness (QED) is 0.0811. The normalized spacial score (nSPS) is 13.3. The number of likely N-dealkylation sites (N-methyl/N-ethyl adjacent to an activating group) is 1. The highest BCUT2D eigenvalue weighted by molar-refractivity contribution is 14.1. The van der Waals surface area contributed by atoms with Gasteiger partial charge in [0, 0.05) is 13.6 Å². The number of rotatable bonds is 19. The molecule has 9 nitrogen and oxygen atoms in total. The number of benzene rings is 2. The first-order chi connectivity index (χ1) is 26.8. The maximum atomic E-state index is 12.2. The zero-order chi connectivity index (χ0) is 45.3. The predicted octanol–water partition coefficient (Wildman–Crippen LogP) is 13.4. The summed E-state index contributed by atoms with van der Waals surface area (Å²) >= 11 is 2.15. The second kappa shape index (κ2) is 25.5. The van der Waals surface area contributed by atoms with E-state index in [4.69, 9.17) is 13.6 Å². The van der Waals surface area contributed by atoms with Crippen LogP contribution in [0.2, 0.25) is 33.2 Å². The first kappa shape index (κ1) is 55.7. The Morgan fingerprint density at radius 1 is 0.603 bits per heavy atom. The number of carboxylic acids is 2. The average Bonchev–Trinajstić information content (AvgIpc) is 3.11. The third-order valence-corrected chi connectivity index (χ3v) is 23.4. The van der Waals surface area contributed by atoms with E-state index in [-0.39, 0.29) is 6.54 Å². The minimum absolute atomic E-state index is 0.0319. The third kappa shape index (κ3) is 16.0. The van der Waals surface area contributed by atoms with Crippen LogP contribution in [-0.4, -0.2) is 73.9 Å². The Hall–Kier alpha value is -2.27. The summed E-state index contributed by atoms with van der Waals surface area (Å²) in [5, 5.41) is 19.0. The molecule has 0 radical (unpaired) electrons. The van der Waals surface area contributed by atoms with Gasteiger partial charge >= 0.3 is 18.0 Å². The van der Waals surface area contributed by atoms with Crippen LogP contribution < -0.4 is 0 Å². The van der Waals surface area contributed by atoms with E-state index >= 15 is 0 Å². The number of carboxylic acid groups (broad SMARTS) is 2. The second-order valence-corrected chi connectivity index (χ2v) is 29.2. The van der Waals surface area contributed by atoms with Crippen LogP contribution in [0.3, 0.4) is 0 Å². The summed E-state index contributed by atoms with van der Waals surface area (Å²) in [6.07, 6.45) is 0.0704. The van der Waals surface area contributed by atoms with Gasteiger partial charge in [0.1, 0.15) is 5.60 Å². The number of alkyl halides is 1. The van der Waals surface area contributed by atoms with Gasteiger partial charge in [-0.15, -0.1) is 0 Å². The first-order valence-corrected chi connectivity index (χ1v) is 27.4. The standard InChI is InChI=1S/C25H43NO5Si.C20H34O3Si.CH3I/c1-17(2)32(18(3)4,19(5)6)30-16-20-11-13-21(14-12-20)22(23(27)28)15-26(10)24(29)31-25(7,8)9;1-8-19(20(21)22)18-11-9-17(10-12-18)13-23-24(14(2)3,15(4)5)16(6)7;1-2/h11-14,17-19,22H,15-16H2,1-10H3,(H,27,28);9-12,14-16,19H,8,13H2,1-7H3,(H,21,22);1H3. The van der Waals surface area contributed by atoms with E-state index < -0.39 is 52.1 Å². The largest absolute Gasteiger partial charge is 0.481 e. The summed E-state index contributed by atoms with van der Waals surface area (Å²) in [5.74, 6) is -2.99. The van der Waals surface area contributed by atoms with Crippen LogP contribution in [0.1, 0.15) is 151 Å². The molecule has 332 valence electrons. The van der Waals surface area contributed by atoms with Gasteiger partial charge in [-0.2, -0.15) is 0 Å². The Balaban J connectivity index is 0.00000111. The summed E-state index contributed by atoms with van der Waals surface area (Å²) in [7, 11) is -2.28. The van der Waals surface area contributed by atoms with Crippen molar-refractivity contribution >= 4 is 57.3 Å². The Labute approximate surface area is 368 Å². The monoisotopic (exact) mass is 957 g/mol. The zero-order valence-corrected chi connectivity index (χ0v) is 43.4. The van der Waals surface area contributed by atoms with Gasteiger partial charge in [-0.25, -0.2) is 4.79 Å². The van der Waals surface area contributed by atoms with Crippen molar-refractivity contribution in [3.63, 3.8) is 0 Å². The van der Waals surface area contributed by atoms with Crippen LogP contribution in [0.5, 0.6) is 0 Å². The lowest BCUT2D eigenvalue weighted by Gasteiger charge is -2.42. The van der Waals surface area contributed by atoms with Crippen molar-refractivity contribution in [1.29, 1.82) is 0 Å². The molecule has 0 aliphatic rings. The van der Waals surface area contributed by atoms with Gasteiger partial charge in [-0.3, -0.25) is 9.59 Å². The molecular weight excluding hydrogens is 878 g/mol. The van der Waals surface area contributed by atoms with Gasteiger partial charge in [-0.1, -0.05) is 161 Å². The third-order valence-electron chi connectivity index (χ3n) is 11.3. The van der Waals surface area contributed by atoms with E-state index in [0.717, 1.165) is 16.7 Å². The number of carbonyl (C=O) groups excluding carboxylic acids is 1.